The number of halogens is 2. The van der Waals surface area contributed by atoms with E-state index in [1.807, 2.05) is 25.5 Å². The van der Waals surface area contributed by atoms with Crippen molar-refractivity contribution in [2.75, 3.05) is 20.6 Å². The highest BCUT2D eigenvalue weighted by atomic mass is 35.5. The largest absolute Gasteiger partial charge is 0.349 e. The topological polar surface area (TPSA) is 37.3 Å². The Balaban J connectivity index is 2.07. The molecule has 2 heterocycles. The van der Waals surface area contributed by atoms with Crippen LogP contribution in [-0.2, 0) is 7.05 Å². The van der Waals surface area contributed by atoms with Gasteiger partial charge in [-0.1, -0.05) is 29.3 Å². The van der Waals surface area contributed by atoms with E-state index in [0.29, 0.717) is 22.4 Å². The van der Waals surface area contributed by atoms with Crippen LogP contribution in [0, 0.1) is 0 Å². The molecule has 0 aromatic carbocycles. The Bertz CT molecular complexity index is 622. The van der Waals surface area contributed by atoms with Crippen molar-refractivity contribution in [2.24, 2.45) is 7.05 Å². The lowest BCUT2D eigenvalue weighted by Gasteiger charge is -2.23. The van der Waals surface area contributed by atoms with E-state index < -0.39 is 0 Å². The number of carbonyl (C=O) groups is 1. The van der Waals surface area contributed by atoms with Crippen molar-refractivity contribution in [2.45, 2.75) is 6.04 Å². The van der Waals surface area contributed by atoms with Crippen LogP contribution in [0.25, 0.3) is 0 Å². The van der Waals surface area contributed by atoms with E-state index in [2.05, 4.69) is 16.3 Å². The minimum Gasteiger partial charge on any atom is -0.349 e. The predicted octanol–water partition coefficient (Wildman–Crippen LogP) is 3.43. The van der Waals surface area contributed by atoms with Gasteiger partial charge in [-0.15, -0.1) is 11.3 Å². The summed E-state index contributed by atoms with van der Waals surface area (Å²) in [6, 6.07) is 5.79. The first-order valence-electron chi connectivity index (χ1n) is 6.40. The standard InChI is InChI=1S/C14H17Cl2N3OS/c1-18(2)11(12-5-4-6-21-12)8-17-14(20)10-7-9(15)13(16)19(10)3/h4-7,11H,8H2,1-3H3,(H,17,20)/t11-/m1/s1. The number of nitrogens with zero attached hydrogens (tertiary/aromatic N) is 2. The third-order valence-electron chi connectivity index (χ3n) is 3.30. The van der Waals surface area contributed by atoms with Gasteiger partial charge in [0, 0.05) is 18.5 Å². The zero-order chi connectivity index (χ0) is 15.6. The van der Waals surface area contributed by atoms with Crippen LogP contribution in [0.2, 0.25) is 10.2 Å². The molecule has 0 spiro atoms. The van der Waals surface area contributed by atoms with Gasteiger partial charge in [-0.25, -0.2) is 0 Å². The molecule has 114 valence electrons. The van der Waals surface area contributed by atoms with Crippen molar-refractivity contribution >= 4 is 40.4 Å². The van der Waals surface area contributed by atoms with Crippen LogP contribution in [-0.4, -0.2) is 36.0 Å². The van der Waals surface area contributed by atoms with Crippen molar-refractivity contribution in [3.05, 3.63) is 44.3 Å². The van der Waals surface area contributed by atoms with Crippen molar-refractivity contribution < 1.29 is 4.79 Å². The lowest BCUT2D eigenvalue weighted by Crippen LogP contribution is -2.34. The van der Waals surface area contributed by atoms with Crippen molar-refractivity contribution in [3.63, 3.8) is 0 Å². The lowest BCUT2D eigenvalue weighted by atomic mass is 10.2. The summed E-state index contributed by atoms with van der Waals surface area (Å²) in [4.78, 5) is 15.6. The molecule has 0 aliphatic heterocycles. The number of likely N-dealkylation sites (N-methyl/N-ethyl adjacent to an activating group) is 1. The number of carbonyl (C=O) groups excluding carboxylic acids is 1. The second-order valence-corrected chi connectivity index (χ2v) is 6.68. The molecule has 1 N–H and O–H groups in total. The van der Waals surface area contributed by atoms with Crippen LogP contribution in [0.3, 0.4) is 0 Å². The molecule has 1 atom stereocenters. The van der Waals surface area contributed by atoms with E-state index in [0.717, 1.165) is 0 Å². The highest BCUT2D eigenvalue weighted by Crippen LogP contribution is 2.26. The molecule has 0 radical (unpaired) electrons. The minimum atomic E-state index is -0.185. The summed E-state index contributed by atoms with van der Waals surface area (Å²) in [5.74, 6) is -0.185. The summed E-state index contributed by atoms with van der Waals surface area (Å²) in [6.45, 7) is 0.521. The third-order valence-corrected chi connectivity index (χ3v) is 5.12. The van der Waals surface area contributed by atoms with Crippen LogP contribution in [0.15, 0.2) is 23.6 Å². The van der Waals surface area contributed by atoms with Crippen LogP contribution in [0.1, 0.15) is 21.4 Å². The number of hydrogen-bond donors (Lipinski definition) is 1. The van der Waals surface area contributed by atoms with Crippen LogP contribution in [0.5, 0.6) is 0 Å². The van der Waals surface area contributed by atoms with E-state index in [9.17, 15) is 4.79 Å². The first kappa shape index (κ1) is 16.4. The van der Waals surface area contributed by atoms with Gasteiger partial charge >= 0.3 is 0 Å². The van der Waals surface area contributed by atoms with Crippen LogP contribution >= 0.6 is 34.5 Å². The molecule has 21 heavy (non-hydrogen) atoms. The molecule has 2 rings (SSSR count). The van der Waals surface area contributed by atoms with Crippen molar-refractivity contribution in [1.29, 1.82) is 0 Å². The highest BCUT2D eigenvalue weighted by molar-refractivity contribution is 7.10. The molecule has 1 amide bonds. The van der Waals surface area contributed by atoms with Gasteiger partial charge in [0.25, 0.3) is 5.91 Å². The molecule has 0 fully saturated rings. The molecule has 0 saturated carbocycles. The van der Waals surface area contributed by atoms with E-state index in [1.54, 1.807) is 29.0 Å². The fourth-order valence-corrected chi connectivity index (χ4v) is 3.36. The van der Waals surface area contributed by atoms with Gasteiger partial charge < -0.3 is 14.8 Å². The Morgan fingerprint density at radius 3 is 2.67 bits per heavy atom. The monoisotopic (exact) mass is 345 g/mol. The Morgan fingerprint density at radius 2 is 2.19 bits per heavy atom. The zero-order valence-electron chi connectivity index (χ0n) is 12.1. The Kier molecular flexibility index (Phi) is 5.32. The van der Waals surface area contributed by atoms with E-state index in [-0.39, 0.29) is 11.9 Å². The van der Waals surface area contributed by atoms with Gasteiger partial charge in [0.15, 0.2) is 0 Å². The SMILES string of the molecule is CN(C)[C@H](CNC(=O)c1cc(Cl)c(Cl)n1C)c1cccs1. The maximum atomic E-state index is 12.3. The maximum Gasteiger partial charge on any atom is 0.268 e. The molecule has 4 nitrogen and oxygen atoms in total. The molecule has 0 bridgehead atoms. The van der Waals surface area contributed by atoms with Gasteiger partial charge in [0.1, 0.15) is 10.8 Å². The number of hydrogen-bond acceptors (Lipinski definition) is 3. The summed E-state index contributed by atoms with van der Waals surface area (Å²) in [5.41, 5.74) is 0.452. The van der Waals surface area contributed by atoms with Crippen LogP contribution in [0.4, 0.5) is 0 Å². The Labute approximate surface area is 138 Å². The predicted molar refractivity (Wildman–Crippen MR) is 88.5 cm³/mol. The van der Waals surface area contributed by atoms with Gasteiger partial charge in [-0.3, -0.25) is 4.79 Å². The van der Waals surface area contributed by atoms with Gasteiger partial charge in [0.05, 0.1) is 11.1 Å². The smallest absolute Gasteiger partial charge is 0.268 e. The van der Waals surface area contributed by atoms with Gasteiger partial charge in [0.2, 0.25) is 0 Å². The zero-order valence-corrected chi connectivity index (χ0v) is 14.4. The lowest BCUT2D eigenvalue weighted by molar-refractivity contribution is 0.0934. The van der Waals surface area contributed by atoms with Crippen molar-refractivity contribution in [3.8, 4) is 0 Å². The molecular weight excluding hydrogens is 329 g/mol. The normalized spacial score (nSPS) is 12.7. The third kappa shape index (κ3) is 3.61. The highest BCUT2D eigenvalue weighted by Gasteiger charge is 2.19. The number of thiophene rings is 1. The average Bonchev–Trinajstić information content (AvgIpc) is 3.03. The summed E-state index contributed by atoms with van der Waals surface area (Å²) in [5, 5.41) is 5.72. The van der Waals surface area contributed by atoms with Crippen molar-refractivity contribution in [1.82, 2.24) is 14.8 Å². The Morgan fingerprint density at radius 1 is 1.48 bits per heavy atom. The molecule has 0 saturated heterocycles. The minimum absolute atomic E-state index is 0.139. The second-order valence-electron chi connectivity index (χ2n) is 4.93. The molecule has 0 aliphatic carbocycles. The first-order valence-corrected chi connectivity index (χ1v) is 8.04. The fourth-order valence-electron chi connectivity index (χ4n) is 2.06. The first-order chi connectivity index (χ1) is 9.91. The maximum absolute atomic E-state index is 12.3. The molecular formula is C14H17Cl2N3OS. The summed E-state index contributed by atoms with van der Waals surface area (Å²) in [6.07, 6.45) is 0. The summed E-state index contributed by atoms with van der Waals surface area (Å²) >= 11 is 13.6. The second kappa shape index (κ2) is 6.83. The molecule has 0 unspecified atom stereocenters. The average molecular weight is 346 g/mol. The molecule has 7 heteroatoms. The van der Waals surface area contributed by atoms with E-state index in [4.69, 9.17) is 23.2 Å². The molecule has 0 aliphatic rings. The summed E-state index contributed by atoms with van der Waals surface area (Å²) in [7, 11) is 5.70. The molecule has 2 aromatic rings. The van der Waals surface area contributed by atoms with E-state index >= 15 is 0 Å². The number of amides is 1. The number of nitrogens with one attached hydrogen (secondary N) is 1. The number of aromatic nitrogens is 1. The van der Waals surface area contributed by atoms with Crippen LogP contribution < -0.4 is 5.32 Å². The van der Waals surface area contributed by atoms with E-state index in [1.165, 1.54) is 4.88 Å². The quantitative estimate of drug-likeness (QED) is 0.901. The fraction of sp³-hybridized carbons (Fsp3) is 0.357. The Hall–Kier alpha value is -1.01. The summed E-state index contributed by atoms with van der Waals surface area (Å²) < 4.78 is 1.58. The number of rotatable bonds is 5. The van der Waals surface area contributed by atoms with Gasteiger partial charge in [-0.2, -0.15) is 0 Å². The molecule has 2 aromatic heterocycles. The van der Waals surface area contributed by atoms with Gasteiger partial charge in [-0.05, 0) is 31.6 Å².